The molecule has 1 rings (SSSR count). The van der Waals surface area contributed by atoms with Gasteiger partial charge in [-0.05, 0) is 38.0 Å². The van der Waals surface area contributed by atoms with Crippen molar-refractivity contribution in [2.45, 2.75) is 53.4 Å². The Morgan fingerprint density at radius 1 is 1.41 bits per heavy atom. The van der Waals surface area contributed by atoms with Crippen LogP contribution >= 0.6 is 0 Å². The van der Waals surface area contributed by atoms with Crippen LogP contribution in [-0.2, 0) is 9.53 Å². The number of nitrogens with one attached hydrogen (secondary N) is 1. The minimum absolute atomic E-state index is 0.0261. The predicted octanol–water partition coefficient (Wildman–Crippen LogP) is 2.66. The van der Waals surface area contributed by atoms with E-state index in [-0.39, 0.29) is 11.9 Å². The van der Waals surface area contributed by atoms with Crippen LogP contribution in [0.15, 0.2) is 4.99 Å². The molecule has 1 N–H and O–H groups in total. The quantitative estimate of drug-likeness (QED) is 0.367. The summed E-state index contributed by atoms with van der Waals surface area (Å²) in [4.78, 5) is 18.5. The molecule has 0 bridgehead atoms. The summed E-state index contributed by atoms with van der Waals surface area (Å²) < 4.78 is 5.15. The lowest BCUT2D eigenvalue weighted by atomic mass is 9.91. The molecule has 0 aromatic rings. The summed E-state index contributed by atoms with van der Waals surface area (Å²) in [5.74, 6) is 0.806. The average Bonchev–Trinajstić information content (AvgIpc) is 2.46. The van der Waals surface area contributed by atoms with Crippen molar-refractivity contribution in [1.29, 1.82) is 0 Å². The van der Waals surface area contributed by atoms with Crippen LogP contribution in [0.1, 0.15) is 53.4 Å². The first-order valence-corrected chi connectivity index (χ1v) is 8.49. The third-order valence-electron chi connectivity index (χ3n) is 3.94. The Balaban J connectivity index is 2.44. The Morgan fingerprint density at radius 2 is 2.14 bits per heavy atom. The summed E-state index contributed by atoms with van der Waals surface area (Å²) in [7, 11) is 1.81. The van der Waals surface area contributed by atoms with Gasteiger partial charge in [0.25, 0.3) is 0 Å². The molecule has 1 saturated heterocycles. The molecule has 0 amide bonds. The summed E-state index contributed by atoms with van der Waals surface area (Å²) in [6, 6.07) is 0. The number of guanidine groups is 1. The maximum absolute atomic E-state index is 11.9. The van der Waals surface area contributed by atoms with Crippen LogP contribution in [0.2, 0.25) is 0 Å². The van der Waals surface area contributed by atoms with Gasteiger partial charge in [0.2, 0.25) is 0 Å². The molecule has 5 nitrogen and oxygen atoms in total. The van der Waals surface area contributed by atoms with Crippen molar-refractivity contribution in [2.24, 2.45) is 16.3 Å². The van der Waals surface area contributed by atoms with Gasteiger partial charge in [0.1, 0.15) is 0 Å². The summed E-state index contributed by atoms with van der Waals surface area (Å²) >= 11 is 0. The lowest BCUT2D eigenvalue weighted by molar-refractivity contribution is -0.149. The number of ether oxygens (including phenoxy) is 1. The van der Waals surface area contributed by atoms with E-state index in [1.165, 1.54) is 6.42 Å². The topological polar surface area (TPSA) is 53.9 Å². The largest absolute Gasteiger partial charge is 0.466 e. The number of rotatable bonds is 5. The molecular formula is C17H33N3O2. The molecular weight excluding hydrogens is 278 g/mol. The van der Waals surface area contributed by atoms with Crippen LogP contribution in [0.5, 0.6) is 0 Å². The number of hydrogen-bond donors (Lipinski definition) is 1. The Kier molecular flexibility index (Phi) is 7.69. The van der Waals surface area contributed by atoms with Crippen LogP contribution in [0.25, 0.3) is 0 Å². The number of piperidine rings is 1. The second-order valence-corrected chi connectivity index (χ2v) is 7.18. The number of esters is 1. The van der Waals surface area contributed by atoms with Gasteiger partial charge in [0, 0.05) is 26.7 Å². The molecule has 1 unspecified atom stereocenters. The van der Waals surface area contributed by atoms with Crippen LogP contribution in [0.4, 0.5) is 0 Å². The number of hydrogen-bond acceptors (Lipinski definition) is 3. The van der Waals surface area contributed by atoms with E-state index < -0.39 is 0 Å². The second kappa shape index (κ2) is 9.01. The molecule has 1 heterocycles. The minimum Gasteiger partial charge on any atom is -0.466 e. The molecule has 1 fully saturated rings. The molecule has 1 aliphatic rings. The highest BCUT2D eigenvalue weighted by molar-refractivity contribution is 5.81. The number of carbonyl (C=O) groups is 1. The van der Waals surface area contributed by atoms with Gasteiger partial charge in [0.15, 0.2) is 5.96 Å². The summed E-state index contributed by atoms with van der Waals surface area (Å²) in [6.45, 7) is 11.7. The first-order valence-electron chi connectivity index (χ1n) is 8.49. The molecule has 128 valence electrons. The van der Waals surface area contributed by atoms with E-state index in [1.807, 2.05) is 6.92 Å². The Morgan fingerprint density at radius 3 is 2.73 bits per heavy atom. The molecule has 0 aromatic carbocycles. The fourth-order valence-electron chi connectivity index (χ4n) is 2.77. The first kappa shape index (κ1) is 18.8. The Hall–Kier alpha value is -1.26. The average molecular weight is 311 g/mol. The summed E-state index contributed by atoms with van der Waals surface area (Å²) in [6.07, 6.45) is 4.22. The van der Waals surface area contributed by atoms with Gasteiger partial charge < -0.3 is 15.0 Å². The van der Waals surface area contributed by atoms with Gasteiger partial charge in [-0.25, -0.2) is 0 Å². The minimum atomic E-state index is -0.0737. The molecule has 0 aromatic heterocycles. The maximum atomic E-state index is 11.9. The van der Waals surface area contributed by atoms with Crippen LogP contribution in [0.3, 0.4) is 0 Å². The van der Waals surface area contributed by atoms with Crippen molar-refractivity contribution in [2.75, 3.05) is 33.3 Å². The van der Waals surface area contributed by atoms with Crippen LogP contribution < -0.4 is 5.32 Å². The zero-order valence-corrected chi connectivity index (χ0v) is 14.9. The van der Waals surface area contributed by atoms with Crippen molar-refractivity contribution in [1.82, 2.24) is 10.2 Å². The van der Waals surface area contributed by atoms with Crippen molar-refractivity contribution in [3.8, 4) is 0 Å². The predicted molar refractivity (Wildman–Crippen MR) is 91.0 cm³/mol. The third kappa shape index (κ3) is 6.67. The molecule has 22 heavy (non-hydrogen) atoms. The van der Waals surface area contributed by atoms with Gasteiger partial charge in [-0.2, -0.15) is 0 Å². The van der Waals surface area contributed by atoms with E-state index >= 15 is 0 Å². The first-order chi connectivity index (χ1) is 10.4. The lowest BCUT2D eigenvalue weighted by Crippen LogP contribution is -2.48. The molecule has 0 spiro atoms. The van der Waals surface area contributed by atoms with Crippen molar-refractivity contribution < 1.29 is 9.53 Å². The Bertz CT molecular complexity index is 375. The van der Waals surface area contributed by atoms with Crippen LogP contribution in [0, 0.1) is 11.3 Å². The highest BCUT2D eigenvalue weighted by Gasteiger charge is 2.28. The number of aliphatic imine (C=N–C) groups is 1. The van der Waals surface area contributed by atoms with E-state index in [2.05, 4.69) is 36.0 Å². The highest BCUT2D eigenvalue weighted by atomic mass is 16.5. The molecule has 5 heteroatoms. The van der Waals surface area contributed by atoms with Gasteiger partial charge in [-0.1, -0.05) is 20.8 Å². The molecule has 0 saturated carbocycles. The fourth-order valence-corrected chi connectivity index (χ4v) is 2.77. The monoisotopic (exact) mass is 311 g/mol. The highest BCUT2D eigenvalue weighted by Crippen LogP contribution is 2.20. The van der Waals surface area contributed by atoms with Gasteiger partial charge in [0.05, 0.1) is 12.5 Å². The SMILES string of the molecule is CCOC(=O)C1CCCN(C(=NC)NCCCC(C)(C)C)C1. The standard InChI is InChI=1S/C17H33N3O2/c1-6-22-15(21)14-9-7-12-20(13-14)16(18-5)19-11-8-10-17(2,3)4/h14H,6-13H2,1-5H3,(H,18,19). The van der Waals surface area contributed by atoms with E-state index in [9.17, 15) is 4.79 Å². The van der Waals surface area contributed by atoms with Gasteiger partial charge in [-0.3, -0.25) is 9.79 Å². The second-order valence-electron chi connectivity index (χ2n) is 7.18. The van der Waals surface area contributed by atoms with Gasteiger partial charge >= 0.3 is 5.97 Å². The molecule has 0 radical (unpaired) electrons. The third-order valence-corrected chi connectivity index (χ3v) is 3.94. The normalized spacial score (nSPS) is 20.0. The van der Waals surface area contributed by atoms with Crippen molar-refractivity contribution >= 4 is 11.9 Å². The number of carbonyl (C=O) groups excluding carboxylic acids is 1. The van der Waals surface area contributed by atoms with E-state index in [1.54, 1.807) is 7.05 Å². The lowest BCUT2D eigenvalue weighted by Gasteiger charge is -2.34. The van der Waals surface area contributed by atoms with Gasteiger partial charge in [-0.15, -0.1) is 0 Å². The summed E-state index contributed by atoms with van der Waals surface area (Å²) in [5.41, 5.74) is 0.366. The van der Waals surface area contributed by atoms with E-state index in [4.69, 9.17) is 4.74 Å². The fraction of sp³-hybridized carbons (Fsp3) is 0.882. The number of nitrogens with zero attached hydrogens (tertiary/aromatic N) is 2. The van der Waals surface area contributed by atoms with Crippen molar-refractivity contribution in [3.05, 3.63) is 0 Å². The molecule has 1 atom stereocenters. The van der Waals surface area contributed by atoms with E-state index in [0.717, 1.165) is 38.3 Å². The zero-order valence-electron chi connectivity index (χ0n) is 14.9. The summed E-state index contributed by atoms with van der Waals surface area (Å²) in [5, 5.41) is 3.43. The van der Waals surface area contributed by atoms with E-state index in [0.29, 0.717) is 18.6 Å². The maximum Gasteiger partial charge on any atom is 0.310 e. The number of likely N-dealkylation sites (tertiary alicyclic amines) is 1. The zero-order chi connectivity index (χ0) is 16.6. The smallest absolute Gasteiger partial charge is 0.310 e. The molecule has 1 aliphatic heterocycles. The van der Waals surface area contributed by atoms with Crippen molar-refractivity contribution in [3.63, 3.8) is 0 Å². The van der Waals surface area contributed by atoms with Crippen LogP contribution in [-0.4, -0.2) is 50.1 Å². The molecule has 0 aliphatic carbocycles. The Labute approximate surface area is 135 Å².